The zero-order valence-electron chi connectivity index (χ0n) is 17.3. The molecule has 0 spiro atoms. The summed E-state index contributed by atoms with van der Waals surface area (Å²) in [6.07, 6.45) is 4.10. The highest BCUT2D eigenvalue weighted by Crippen LogP contribution is 2.27. The van der Waals surface area contributed by atoms with E-state index in [-0.39, 0.29) is 0 Å². The van der Waals surface area contributed by atoms with Crippen LogP contribution in [0.15, 0.2) is 42.5 Å². The molecule has 2 aliphatic rings. The number of methoxy groups -OCH3 is 1. The fourth-order valence-electron chi connectivity index (χ4n) is 4.40. The number of hydrogen-bond donors (Lipinski definition) is 2. The van der Waals surface area contributed by atoms with Crippen LogP contribution in [-0.2, 0) is 19.4 Å². The first-order chi connectivity index (χ1) is 14.2. The highest BCUT2D eigenvalue weighted by Gasteiger charge is 2.21. The van der Waals surface area contributed by atoms with Gasteiger partial charge in [-0.15, -0.1) is 0 Å². The van der Waals surface area contributed by atoms with E-state index in [9.17, 15) is 5.11 Å². The third kappa shape index (κ3) is 5.30. The van der Waals surface area contributed by atoms with Crippen molar-refractivity contribution in [1.29, 1.82) is 0 Å². The largest absolute Gasteiger partial charge is 0.497 e. The Morgan fingerprint density at radius 3 is 2.52 bits per heavy atom. The van der Waals surface area contributed by atoms with Crippen molar-refractivity contribution in [2.45, 2.75) is 44.4 Å². The summed E-state index contributed by atoms with van der Waals surface area (Å²) in [6.45, 7) is 3.87. The molecule has 1 saturated heterocycles. The molecule has 1 unspecified atom stereocenters. The number of rotatable bonds is 9. The van der Waals surface area contributed by atoms with Gasteiger partial charge in [0.05, 0.1) is 7.11 Å². The van der Waals surface area contributed by atoms with Gasteiger partial charge in [0.1, 0.15) is 24.2 Å². The molecule has 4 rings (SSSR count). The van der Waals surface area contributed by atoms with Gasteiger partial charge in [-0.3, -0.25) is 0 Å². The molecule has 1 fully saturated rings. The van der Waals surface area contributed by atoms with E-state index in [2.05, 4.69) is 40.5 Å². The van der Waals surface area contributed by atoms with Crippen LogP contribution in [0.2, 0.25) is 0 Å². The van der Waals surface area contributed by atoms with E-state index in [1.165, 1.54) is 24.0 Å². The van der Waals surface area contributed by atoms with Crippen LogP contribution in [0.5, 0.6) is 11.5 Å². The molecule has 0 bridgehead atoms. The van der Waals surface area contributed by atoms with Gasteiger partial charge in [-0.1, -0.05) is 30.3 Å². The number of fused-ring (bicyclic) bond motifs is 1. The third-order valence-electron chi connectivity index (χ3n) is 6.01. The lowest BCUT2D eigenvalue weighted by molar-refractivity contribution is 0.0753. The van der Waals surface area contributed by atoms with Crippen molar-refractivity contribution in [3.05, 3.63) is 59.2 Å². The lowest BCUT2D eigenvalue weighted by Gasteiger charge is -2.21. The predicted octanol–water partition coefficient (Wildman–Crippen LogP) is 2.79. The first-order valence-corrected chi connectivity index (χ1v) is 10.7. The lowest BCUT2D eigenvalue weighted by Crippen LogP contribution is -2.34. The van der Waals surface area contributed by atoms with Crippen molar-refractivity contribution in [1.82, 2.24) is 10.2 Å². The van der Waals surface area contributed by atoms with Gasteiger partial charge in [0.15, 0.2) is 0 Å². The Morgan fingerprint density at radius 1 is 1.10 bits per heavy atom. The van der Waals surface area contributed by atoms with Gasteiger partial charge in [-0.2, -0.15) is 0 Å². The third-order valence-corrected chi connectivity index (χ3v) is 6.01. The molecule has 5 nitrogen and oxygen atoms in total. The molecule has 2 aromatic carbocycles. The minimum atomic E-state index is -0.482. The van der Waals surface area contributed by atoms with E-state index < -0.39 is 6.10 Å². The predicted molar refractivity (Wildman–Crippen MR) is 115 cm³/mol. The molecule has 0 saturated carbocycles. The number of aliphatic hydroxyl groups is 1. The van der Waals surface area contributed by atoms with Gasteiger partial charge >= 0.3 is 0 Å². The molecule has 29 heavy (non-hydrogen) atoms. The lowest BCUT2D eigenvalue weighted by atomic mass is 10.1. The van der Waals surface area contributed by atoms with Crippen molar-refractivity contribution in [3.63, 3.8) is 0 Å². The molecular formula is C24H32N2O3. The number of β-amino-alcohol motifs (C(OH)–C–C–N with tert-alkyl or cyclic N) is 1. The van der Waals surface area contributed by atoms with Crippen LogP contribution in [0.3, 0.4) is 0 Å². The summed E-state index contributed by atoms with van der Waals surface area (Å²) < 4.78 is 11.4. The second kappa shape index (κ2) is 9.61. The first-order valence-electron chi connectivity index (χ1n) is 10.7. The van der Waals surface area contributed by atoms with Gasteiger partial charge in [0, 0.05) is 30.8 Å². The van der Waals surface area contributed by atoms with Crippen LogP contribution in [0, 0.1) is 0 Å². The number of nitrogens with one attached hydrogen (secondary N) is 1. The highest BCUT2D eigenvalue weighted by molar-refractivity contribution is 5.41. The summed E-state index contributed by atoms with van der Waals surface area (Å²) in [5.41, 5.74) is 3.98. The fraction of sp³-hybridized carbons (Fsp3) is 0.500. The van der Waals surface area contributed by atoms with E-state index in [1.54, 1.807) is 7.11 Å². The second-order valence-corrected chi connectivity index (χ2v) is 8.20. The molecular weight excluding hydrogens is 364 g/mol. The van der Waals surface area contributed by atoms with Crippen molar-refractivity contribution < 1.29 is 14.6 Å². The van der Waals surface area contributed by atoms with Crippen LogP contribution >= 0.6 is 0 Å². The van der Waals surface area contributed by atoms with E-state index in [0.717, 1.165) is 49.5 Å². The average Bonchev–Trinajstić information content (AvgIpc) is 3.40. The number of nitrogens with zero attached hydrogens (tertiary/aromatic N) is 1. The molecule has 5 heteroatoms. The van der Waals surface area contributed by atoms with Crippen LogP contribution in [0.4, 0.5) is 0 Å². The SMILES string of the molecule is COc1ccc(CNC2Cc3ccccc3C2)c(OCC(O)CN2CCCC2)c1. The summed E-state index contributed by atoms with van der Waals surface area (Å²) >= 11 is 0. The molecule has 0 aromatic heterocycles. The zero-order valence-corrected chi connectivity index (χ0v) is 17.3. The van der Waals surface area contributed by atoms with Crippen LogP contribution in [0.25, 0.3) is 0 Å². The Balaban J connectivity index is 1.34. The summed E-state index contributed by atoms with van der Waals surface area (Å²) in [5.74, 6) is 1.55. The Labute approximate surface area is 173 Å². The van der Waals surface area contributed by atoms with E-state index in [1.807, 2.05) is 12.1 Å². The maximum absolute atomic E-state index is 10.4. The Kier molecular flexibility index (Phi) is 6.70. The zero-order chi connectivity index (χ0) is 20.1. The smallest absolute Gasteiger partial charge is 0.127 e. The molecule has 1 heterocycles. The van der Waals surface area contributed by atoms with Gasteiger partial charge < -0.3 is 24.8 Å². The first kappa shape index (κ1) is 20.2. The molecule has 1 aliphatic carbocycles. The maximum atomic E-state index is 10.4. The summed E-state index contributed by atoms with van der Waals surface area (Å²) in [4.78, 5) is 2.31. The molecule has 1 aliphatic heterocycles. The number of ether oxygens (including phenoxy) is 2. The average molecular weight is 397 g/mol. The summed E-state index contributed by atoms with van der Waals surface area (Å²) in [5, 5.41) is 14.1. The number of benzene rings is 2. The highest BCUT2D eigenvalue weighted by atomic mass is 16.5. The number of hydrogen-bond acceptors (Lipinski definition) is 5. The summed E-state index contributed by atoms with van der Waals surface area (Å²) in [6, 6.07) is 15.1. The van der Waals surface area contributed by atoms with Crippen molar-refractivity contribution in [2.24, 2.45) is 0 Å². The molecule has 2 aromatic rings. The molecule has 0 amide bonds. The van der Waals surface area contributed by atoms with Gasteiger partial charge in [0.25, 0.3) is 0 Å². The van der Waals surface area contributed by atoms with Gasteiger partial charge in [-0.25, -0.2) is 0 Å². The van der Waals surface area contributed by atoms with Crippen molar-refractivity contribution in [3.8, 4) is 11.5 Å². The minimum Gasteiger partial charge on any atom is -0.497 e. The molecule has 156 valence electrons. The normalized spacial score (nSPS) is 18.0. The minimum absolute atomic E-state index is 0.297. The topological polar surface area (TPSA) is 54.0 Å². The second-order valence-electron chi connectivity index (χ2n) is 8.20. The van der Waals surface area contributed by atoms with E-state index in [4.69, 9.17) is 9.47 Å². The summed E-state index contributed by atoms with van der Waals surface area (Å²) in [7, 11) is 1.66. The molecule has 2 N–H and O–H groups in total. The maximum Gasteiger partial charge on any atom is 0.127 e. The van der Waals surface area contributed by atoms with Gasteiger partial charge in [-0.05, 0) is 56.0 Å². The monoisotopic (exact) mass is 396 g/mol. The molecule has 0 radical (unpaired) electrons. The Hall–Kier alpha value is -2.08. The van der Waals surface area contributed by atoms with Crippen LogP contribution < -0.4 is 14.8 Å². The van der Waals surface area contributed by atoms with Crippen LogP contribution in [-0.4, -0.2) is 55.5 Å². The number of likely N-dealkylation sites (tertiary alicyclic amines) is 1. The quantitative estimate of drug-likeness (QED) is 0.683. The standard InChI is InChI=1S/C24H32N2O3/c1-28-23-9-8-20(15-25-21-12-18-6-2-3-7-19(18)13-21)24(14-23)29-17-22(27)16-26-10-4-5-11-26/h2-3,6-9,14,21-22,25,27H,4-5,10-13,15-17H2,1H3. The van der Waals surface area contributed by atoms with E-state index in [0.29, 0.717) is 19.2 Å². The number of aliphatic hydroxyl groups excluding tert-OH is 1. The Morgan fingerprint density at radius 2 is 1.83 bits per heavy atom. The fourth-order valence-corrected chi connectivity index (χ4v) is 4.40. The Bertz CT molecular complexity index is 779. The van der Waals surface area contributed by atoms with E-state index >= 15 is 0 Å². The van der Waals surface area contributed by atoms with Crippen molar-refractivity contribution >= 4 is 0 Å². The van der Waals surface area contributed by atoms with Gasteiger partial charge in [0.2, 0.25) is 0 Å². The molecule has 1 atom stereocenters. The van der Waals surface area contributed by atoms with Crippen molar-refractivity contribution in [2.75, 3.05) is 33.4 Å². The van der Waals surface area contributed by atoms with Crippen LogP contribution in [0.1, 0.15) is 29.5 Å².